The lowest BCUT2D eigenvalue weighted by atomic mass is 9.78. The van der Waals surface area contributed by atoms with Gasteiger partial charge in [-0.25, -0.2) is 9.59 Å². The summed E-state index contributed by atoms with van der Waals surface area (Å²) < 4.78 is 22.0. The fourth-order valence-electron chi connectivity index (χ4n) is 4.76. The number of fused-ring (bicyclic) bond motifs is 3. The predicted molar refractivity (Wildman–Crippen MR) is 103 cm³/mol. The van der Waals surface area contributed by atoms with Crippen molar-refractivity contribution in [1.29, 1.82) is 0 Å². The molecule has 0 saturated carbocycles. The van der Waals surface area contributed by atoms with E-state index in [1.807, 2.05) is 0 Å². The van der Waals surface area contributed by atoms with Crippen LogP contribution in [0.25, 0.3) is 0 Å². The predicted octanol–water partition coefficient (Wildman–Crippen LogP) is 0.695. The van der Waals surface area contributed by atoms with Crippen molar-refractivity contribution in [1.82, 2.24) is 0 Å². The topological polar surface area (TPSA) is 129 Å². The van der Waals surface area contributed by atoms with Gasteiger partial charge in [-0.15, -0.1) is 0 Å². The highest BCUT2D eigenvalue weighted by molar-refractivity contribution is 6.11. The van der Waals surface area contributed by atoms with E-state index in [0.717, 1.165) is 0 Å². The molecule has 2 heterocycles. The molecular formula is C22H24O9. The lowest BCUT2D eigenvalue weighted by Crippen LogP contribution is -2.50. The summed E-state index contributed by atoms with van der Waals surface area (Å²) in [7, 11) is 0. The van der Waals surface area contributed by atoms with E-state index in [-0.39, 0.29) is 28.4 Å². The van der Waals surface area contributed by atoms with E-state index in [4.69, 9.17) is 18.9 Å². The number of allylic oxidation sites excluding steroid dienone is 1. The lowest BCUT2D eigenvalue weighted by molar-refractivity contribution is -0.173. The molecule has 2 fully saturated rings. The molecule has 0 spiro atoms. The minimum absolute atomic E-state index is 0.0471. The molecule has 1 N–H and O–H groups in total. The molecular weight excluding hydrogens is 408 g/mol. The Balaban J connectivity index is 1.89. The summed E-state index contributed by atoms with van der Waals surface area (Å²) in [5.74, 6) is -3.75. The average Bonchev–Trinajstić information content (AvgIpc) is 3.10. The second kappa shape index (κ2) is 6.61. The zero-order valence-corrected chi connectivity index (χ0v) is 17.9. The standard InChI is InChI=1S/C22H24O9/c1-8-7-13(24)15-10(3)16(29-20(26)21(6)11(4)31-21)17(28-12(5)23)14-9(2)19(25)30-18(14)22(8,15)27/h7,11,14,16-18,27H,2H2,1,3-6H3. The van der Waals surface area contributed by atoms with Crippen molar-refractivity contribution < 1.29 is 43.2 Å². The van der Waals surface area contributed by atoms with Gasteiger partial charge in [-0.2, -0.15) is 0 Å². The molecule has 0 bridgehead atoms. The SMILES string of the molecule is C=C1C(=O)OC2C1C(OC(C)=O)C(OC(=O)C1(C)OC1C)C(C)=C1C(=O)C=C(C)C12O. The number of carbonyl (C=O) groups is 4. The minimum Gasteiger partial charge on any atom is -0.457 e. The molecule has 2 aliphatic heterocycles. The van der Waals surface area contributed by atoms with Gasteiger partial charge >= 0.3 is 17.9 Å². The van der Waals surface area contributed by atoms with Gasteiger partial charge < -0.3 is 24.1 Å². The zero-order valence-electron chi connectivity index (χ0n) is 17.9. The highest BCUT2D eigenvalue weighted by atomic mass is 16.7. The normalized spacial score (nSPS) is 41.2. The third kappa shape index (κ3) is 2.83. The molecule has 0 amide bonds. The van der Waals surface area contributed by atoms with Crippen LogP contribution in [0.2, 0.25) is 0 Å². The Morgan fingerprint density at radius 3 is 2.39 bits per heavy atom. The summed E-state index contributed by atoms with van der Waals surface area (Å²) >= 11 is 0. The molecule has 7 atom stereocenters. The van der Waals surface area contributed by atoms with Crippen LogP contribution in [0, 0.1) is 5.92 Å². The Morgan fingerprint density at radius 1 is 1.23 bits per heavy atom. The maximum absolute atomic E-state index is 12.9. The van der Waals surface area contributed by atoms with Crippen LogP contribution in [0.1, 0.15) is 34.6 Å². The summed E-state index contributed by atoms with van der Waals surface area (Å²) in [6, 6.07) is 0. The Bertz CT molecular complexity index is 1000. The number of ketones is 1. The van der Waals surface area contributed by atoms with Gasteiger partial charge in [0.25, 0.3) is 0 Å². The van der Waals surface area contributed by atoms with E-state index in [1.165, 1.54) is 26.8 Å². The van der Waals surface area contributed by atoms with Crippen molar-refractivity contribution in [2.75, 3.05) is 0 Å². The van der Waals surface area contributed by atoms with Gasteiger partial charge in [0.1, 0.15) is 6.10 Å². The van der Waals surface area contributed by atoms with Crippen molar-refractivity contribution in [2.45, 2.75) is 70.2 Å². The van der Waals surface area contributed by atoms with E-state index < -0.39 is 59.1 Å². The molecule has 7 unspecified atom stereocenters. The summed E-state index contributed by atoms with van der Waals surface area (Å²) in [6.07, 6.45) is -2.91. The number of hydrogen-bond acceptors (Lipinski definition) is 9. The van der Waals surface area contributed by atoms with Crippen molar-refractivity contribution in [3.8, 4) is 0 Å². The number of esters is 3. The van der Waals surface area contributed by atoms with Crippen LogP contribution in [0.5, 0.6) is 0 Å². The number of rotatable bonds is 3. The molecule has 0 aromatic heterocycles. The molecule has 9 nitrogen and oxygen atoms in total. The number of epoxide rings is 1. The Morgan fingerprint density at radius 2 is 1.84 bits per heavy atom. The molecule has 31 heavy (non-hydrogen) atoms. The van der Waals surface area contributed by atoms with Crippen LogP contribution in [-0.4, -0.2) is 64.4 Å². The minimum atomic E-state index is -1.96. The zero-order chi connectivity index (χ0) is 23.0. The quantitative estimate of drug-likeness (QED) is 0.296. The number of ether oxygens (including phenoxy) is 4. The van der Waals surface area contributed by atoms with Crippen LogP contribution in [0.3, 0.4) is 0 Å². The monoisotopic (exact) mass is 432 g/mol. The van der Waals surface area contributed by atoms with E-state index in [1.54, 1.807) is 13.8 Å². The molecule has 9 heteroatoms. The Labute approximate surface area is 178 Å². The fraction of sp³-hybridized carbons (Fsp3) is 0.545. The lowest BCUT2D eigenvalue weighted by Gasteiger charge is -2.35. The van der Waals surface area contributed by atoms with E-state index >= 15 is 0 Å². The van der Waals surface area contributed by atoms with Crippen LogP contribution in [0.15, 0.2) is 34.9 Å². The maximum atomic E-state index is 12.9. The van der Waals surface area contributed by atoms with Crippen molar-refractivity contribution in [3.05, 3.63) is 34.9 Å². The van der Waals surface area contributed by atoms with Crippen LogP contribution in [-0.2, 0) is 38.1 Å². The second-order valence-corrected chi connectivity index (χ2v) is 8.66. The summed E-state index contributed by atoms with van der Waals surface area (Å²) in [4.78, 5) is 50.0. The first-order valence-corrected chi connectivity index (χ1v) is 9.96. The highest BCUT2D eigenvalue weighted by Crippen LogP contribution is 2.51. The van der Waals surface area contributed by atoms with Crippen LogP contribution < -0.4 is 0 Å². The van der Waals surface area contributed by atoms with Crippen LogP contribution >= 0.6 is 0 Å². The Kier molecular flexibility index (Phi) is 4.57. The smallest absolute Gasteiger partial charge is 0.341 e. The second-order valence-electron chi connectivity index (χ2n) is 8.66. The Hall–Kier alpha value is -2.78. The molecule has 0 aromatic carbocycles. The van der Waals surface area contributed by atoms with E-state index in [0.29, 0.717) is 0 Å². The van der Waals surface area contributed by atoms with Crippen molar-refractivity contribution >= 4 is 23.7 Å². The largest absolute Gasteiger partial charge is 0.457 e. The van der Waals surface area contributed by atoms with Gasteiger partial charge in [0.15, 0.2) is 29.2 Å². The van der Waals surface area contributed by atoms with Gasteiger partial charge in [-0.05, 0) is 44.9 Å². The van der Waals surface area contributed by atoms with Crippen LogP contribution in [0.4, 0.5) is 0 Å². The highest BCUT2D eigenvalue weighted by Gasteiger charge is 2.65. The number of carbonyl (C=O) groups excluding carboxylic acids is 4. The van der Waals surface area contributed by atoms with Gasteiger partial charge in [0.05, 0.1) is 12.0 Å². The molecule has 2 aliphatic carbocycles. The molecule has 4 rings (SSSR count). The molecule has 0 aromatic rings. The first-order valence-electron chi connectivity index (χ1n) is 9.96. The fourth-order valence-corrected chi connectivity index (χ4v) is 4.76. The van der Waals surface area contributed by atoms with Gasteiger partial charge in [-0.1, -0.05) is 6.58 Å². The van der Waals surface area contributed by atoms with E-state index in [9.17, 15) is 24.3 Å². The summed E-state index contributed by atoms with van der Waals surface area (Å²) in [5.41, 5.74) is -2.78. The first-order chi connectivity index (χ1) is 14.3. The third-order valence-corrected chi connectivity index (χ3v) is 6.77. The van der Waals surface area contributed by atoms with Gasteiger partial charge in [0.2, 0.25) is 0 Å². The number of aliphatic hydroxyl groups is 1. The first kappa shape index (κ1) is 21.5. The third-order valence-electron chi connectivity index (χ3n) is 6.77. The average molecular weight is 432 g/mol. The molecule has 4 aliphatic rings. The van der Waals surface area contributed by atoms with Crippen molar-refractivity contribution in [2.24, 2.45) is 5.92 Å². The molecule has 166 valence electrons. The van der Waals surface area contributed by atoms with Gasteiger partial charge in [-0.3, -0.25) is 9.59 Å². The molecule has 2 saturated heterocycles. The van der Waals surface area contributed by atoms with Gasteiger partial charge in [0, 0.05) is 18.1 Å². The van der Waals surface area contributed by atoms with Crippen molar-refractivity contribution in [3.63, 3.8) is 0 Å². The number of hydrogen-bond donors (Lipinski definition) is 1. The summed E-state index contributed by atoms with van der Waals surface area (Å²) in [5, 5.41) is 11.7. The summed E-state index contributed by atoms with van der Waals surface area (Å²) in [6.45, 7) is 11.2. The van der Waals surface area contributed by atoms with E-state index in [2.05, 4.69) is 6.58 Å². The maximum Gasteiger partial charge on any atom is 0.341 e. The molecule has 0 radical (unpaired) electrons.